The number of nitrogen functional groups attached to an aromatic ring is 1. The third-order valence-corrected chi connectivity index (χ3v) is 1.80. The number of hydrogen-bond donors (Lipinski definition) is 2. The summed E-state index contributed by atoms with van der Waals surface area (Å²) in [6.07, 6.45) is 1.40. The van der Waals surface area contributed by atoms with E-state index in [1.165, 1.54) is 6.26 Å². The number of oxazole rings is 1. The van der Waals surface area contributed by atoms with E-state index in [0.29, 0.717) is 11.7 Å². The largest absolute Gasteiger partial charge is 0.431 e. The zero-order valence-corrected chi connectivity index (χ0v) is 7.87. The van der Waals surface area contributed by atoms with Crippen LogP contribution in [0.3, 0.4) is 0 Å². The zero-order chi connectivity index (χ0) is 9.84. The number of nitrogens with one attached hydrogen (secondary N) is 1. The maximum Gasteiger partial charge on any atom is 0.297 e. The molecule has 1 aromatic rings. The van der Waals surface area contributed by atoms with E-state index in [9.17, 15) is 0 Å². The number of nitrogens with zero attached hydrogens (tertiary/aromatic N) is 2. The van der Waals surface area contributed by atoms with Crippen LogP contribution in [-0.2, 0) is 0 Å². The van der Waals surface area contributed by atoms with E-state index in [0.717, 1.165) is 13.1 Å². The van der Waals surface area contributed by atoms with Gasteiger partial charge in [-0.1, -0.05) is 0 Å². The lowest BCUT2D eigenvalue weighted by Crippen LogP contribution is -2.22. The fourth-order valence-electron chi connectivity index (χ4n) is 1.03. The molecular formula is C8H14N4O. The van der Waals surface area contributed by atoms with Gasteiger partial charge in [0.05, 0.1) is 0 Å². The Morgan fingerprint density at radius 2 is 2.23 bits per heavy atom. The second-order valence-electron chi connectivity index (χ2n) is 2.60. The highest BCUT2D eigenvalue weighted by atomic mass is 16.4. The molecule has 0 saturated carbocycles. The molecule has 0 aromatic carbocycles. The van der Waals surface area contributed by atoms with Crippen molar-refractivity contribution in [3.05, 3.63) is 12.0 Å². The summed E-state index contributed by atoms with van der Waals surface area (Å²) in [7, 11) is 0. The standard InChI is InChI=1S/C8H14N4O/c1-3-12(4-2)8-11-6(5-13-8)7(9)10/h5H,3-4H2,1-2H3,(H3,9,10). The van der Waals surface area contributed by atoms with Crippen molar-refractivity contribution in [2.24, 2.45) is 5.73 Å². The summed E-state index contributed by atoms with van der Waals surface area (Å²) in [6.45, 7) is 5.69. The highest BCUT2D eigenvalue weighted by Crippen LogP contribution is 2.12. The summed E-state index contributed by atoms with van der Waals surface area (Å²) < 4.78 is 5.16. The van der Waals surface area contributed by atoms with Gasteiger partial charge in [-0.2, -0.15) is 4.98 Å². The Kier molecular flexibility index (Phi) is 2.89. The quantitative estimate of drug-likeness (QED) is 0.533. The molecule has 0 unspecified atom stereocenters. The van der Waals surface area contributed by atoms with Gasteiger partial charge >= 0.3 is 0 Å². The minimum atomic E-state index is -0.0674. The molecule has 0 amide bonds. The lowest BCUT2D eigenvalue weighted by atomic mass is 10.5. The Bertz CT molecular complexity index is 290. The van der Waals surface area contributed by atoms with Crippen molar-refractivity contribution in [2.75, 3.05) is 18.0 Å². The van der Waals surface area contributed by atoms with Gasteiger partial charge in [0.15, 0.2) is 0 Å². The fraction of sp³-hybridized carbons (Fsp3) is 0.500. The van der Waals surface area contributed by atoms with Crippen LogP contribution in [0.2, 0.25) is 0 Å². The average molecular weight is 182 g/mol. The minimum absolute atomic E-state index is 0.0674. The van der Waals surface area contributed by atoms with Crippen LogP contribution in [0.1, 0.15) is 19.5 Å². The van der Waals surface area contributed by atoms with E-state index in [4.69, 9.17) is 15.6 Å². The number of rotatable bonds is 4. The molecule has 0 aliphatic rings. The van der Waals surface area contributed by atoms with Crippen molar-refractivity contribution >= 4 is 11.9 Å². The van der Waals surface area contributed by atoms with Crippen molar-refractivity contribution < 1.29 is 4.42 Å². The Labute approximate surface area is 77.1 Å². The van der Waals surface area contributed by atoms with Gasteiger partial charge in [0.2, 0.25) is 0 Å². The van der Waals surface area contributed by atoms with Gasteiger partial charge in [0, 0.05) is 13.1 Å². The van der Waals surface area contributed by atoms with E-state index in [-0.39, 0.29) is 5.84 Å². The first-order valence-electron chi connectivity index (χ1n) is 4.23. The van der Waals surface area contributed by atoms with Crippen molar-refractivity contribution in [2.45, 2.75) is 13.8 Å². The minimum Gasteiger partial charge on any atom is -0.431 e. The van der Waals surface area contributed by atoms with Crippen molar-refractivity contribution in [1.29, 1.82) is 5.41 Å². The normalized spacial score (nSPS) is 10.0. The van der Waals surface area contributed by atoms with Gasteiger partial charge in [0.1, 0.15) is 17.8 Å². The second kappa shape index (κ2) is 3.93. The number of hydrogen-bond acceptors (Lipinski definition) is 4. The molecule has 72 valence electrons. The van der Waals surface area contributed by atoms with Crippen LogP contribution in [0.4, 0.5) is 6.01 Å². The van der Waals surface area contributed by atoms with Crippen molar-refractivity contribution in [3.8, 4) is 0 Å². The maximum atomic E-state index is 7.14. The summed E-state index contributed by atoms with van der Waals surface area (Å²) in [5, 5.41) is 7.14. The molecule has 0 aliphatic heterocycles. The molecule has 1 heterocycles. The molecule has 0 aliphatic carbocycles. The van der Waals surface area contributed by atoms with Crippen LogP contribution in [0.15, 0.2) is 10.7 Å². The van der Waals surface area contributed by atoms with Gasteiger partial charge < -0.3 is 15.1 Å². The van der Waals surface area contributed by atoms with Crippen LogP contribution in [0.5, 0.6) is 0 Å². The first-order valence-corrected chi connectivity index (χ1v) is 4.23. The van der Waals surface area contributed by atoms with E-state index in [2.05, 4.69) is 4.98 Å². The molecular weight excluding hydrogens is 168 g/mol. The monoisotopic (exact) mass is 182 g/mol. The summed E-state index contributed by atoms with van der Waals surface area (Å²) in [5.41, 5.74) is 5.64. The summed E-state index contributed by atoms with van der Waals surface area (Å²) in [4.78, 5) is 6.01. The first kappa shape index (κ1) is 9.57. The van der Waals surface area contributed by atoms with Crippen molar-refractivity contribution in [3.63, 3.8) is 0 Å². The van der Waals surface area contributed by atoms with E-state index in [1.807, 2.05) is 18.7 Å². The molecule has 5 nitrogen and oxygen atoms in total. The number of aromatic nitrogens is 1. The molecule has 3 N–H and O–H groups in total. The molecule has 0 atom stereocenters. The Hall–Kier alpha value is -1.52. The van der Waals surface area contributed by atoms with Crippen LogP contribution < -0.4 is 10.6 Å². The third kappa shape index (κ3) is 1.99. The lowest BCUT2D eigenvalue weighted by Gasteiger charge is -2.14. The highest BCUT2D eigenvalue weighted by Gasteiger charge is 2.10. The fourth-order valence-corrected chi connectivity index (χ4v) is 1.03. The first-order chi connectivity index (χ1) is 6.19. The van der Waals surface area contributed by atoms with E-state index < -0.39 is 0 Å². The van der Waals surface area contributed by atoms with Crippen molar-refractivity contribution in [1.82, 2.24) is 4.98 Å². The average Bonchev–Trinajstić information content (AvgIpc) is 2.56. The molecule has 0 radical (unpaired) electrons. The lowest BCUT2D eigenvalue weighted by molar-refractivity contribution is 0.540. The van der Waals surface area contributed by atoms with Gasteiger partial charge in [-0.25, -0.2) is 0 Å². The molecule has 0 fully saturated rings. The van der Waals surface area contributed by atoms with Gasteiger partial charge in [-0.15, -0.1) is 0 Å². The van der Waals surface area contributed by atoms with Gasteiger partial charge in [-0.05, 0) is 13.8 Å². The van der Waals surface area contributed by atoms with Gasteiger partial charge in [-0.3, -0.25) is 5.41 Å². The van der Waals surface area contributed by atoms with Gasteiger partial charge in [0.25, 0.3) is 6.01 Å². The zero-order valence-electron chi connectivity index (χ0n) is 7.87. The van der Waals surface area contributed by atoms with Crippen LogP contribution >= 0.6 is 0 Å². The Morgan fingerprint density at radius 1 is 1.62 bits per heavy atom. The highest BCUT2D eigenvalue weighted by molar-refractivity contribution is 5.92. The number of nitrogens with two attached hydrogens (primary N) is 1. The molecule has 0 spiro atoms. The predicted octanol–water partition coefficient (Wildman–Crippen LogP) is 0.805. The third-order valence-electron chi connectivity index (χ3n) is 1.80. The van der Waals surface area contributed by atoms with E-state index >= 15 is 0 Å². The SMILES string of the molecule is CCN(CC)c1nc(C(=N)N)co1. The Balaban J connectivity index is 2.84. The second-order valence-corrected chi connectivity index (χ2v) is 2.60. The van der Waals surface area contributed by atoms with Crippen LogP contribution in [0, 0.1) is 5.41 Å². The smallest absolute Gasteiger partial charge is 0.297 e. The molecule has 1 rings (SSSR count). The number of anilines is 1. The molecule has 5 heteroatoms. The maximum absolute atomic E-state index is 7.14. The summed E-state index contributed by atoms with van der Waals surface area (Å²) in [5.74, 6) is -0.0674. The summed E-state index contributed by atoms with van der Waals surface area (Å²) >= 11 is 0. The van der Waals surface area contributed by atoms with E-state index in [1.54, 1.807) is 0 Å². The van der Waals surface area contributed by atoms with Crippen LogP contribution in [-0.4, -0.2) is 23.9 Å². The summed E-state index contributed by atoms with van der Waals surface area (Å²) in [6, 6.07) is 0.523. The predicted molar refractivity (Wildman–Crippen MR) is 51.1 cm³/mol. The van der Waals surface area contributed by atoms with Crippen LogP contribution in [0.25, 0.3) is 0 Å². The molecule has 0 saturated heterocycles. The molecule has 0 bridgehead atoms. The molecule has 13 heavy (non-hydrogen) atoms. The number of amidine groups is 1. The molecule has 1 aromatic heterocycles. The topological polar surface area (TPSA) is 79.1 Å². The Morgan fingerprint density at radius 3 is 2.62 bits per heavy atom.